The van der Waals surface area contributed by atoms with Crippen LogP contribution in [0, 0.1) is 0 Å². The van der Waals surface area contributed by atoms with Crippen molar-refractivity contribution in [3.8, 4) is 5.75 Å². The van der Waals surface area contributed by atoms with Crippen molar-refractivity contribution in [3.05, 3.63) is 36.4 Å². The van der Waals surface area contributed by atoms with E-state index in [2.05, 4.69) is 10.8 Å². The fourth-order valence-corrected chi connectivity index (χ4v) is 1.25. The SMILES string of the molecule is C=Cc1ccccc1OS(N)(=O)=O. The van der Waals surface area contributed by atoms with E-state index in [4.69, 9.17) is 5.14 Å². The van der Waals surface area contributed by atoms with E-state index in [1.165, 1.54) is 12.1 Å². The van der Waals surface area contributed by atoms with Gasteiger partial charge in [0.05, 0.1) is 0 Å². The van der Waals surface area contributed by atoms with Crippen molar-refractivity contribution in [2.75, 3.05) is 0 Å². The van der Waals surface area contributed by atoms with Crippen LogP contribution in [-0.2, 0) is 10.3 Å². The molecule has 70 valence electrons. The van der Waals surface area contributed by atoms with Crippen LogP contribution in [0.5, 0.6) is 5.75 Å². The number of nitrogens with two attached hydrogens (primary N) is 1. The highest BCUT2D eigenvalue weighted by atomic mass is 32.2. The molecule has 13 heavy (non-hydrogen) atoms. The van der Waals surface area contributed by atoms with Crippen LogP contribution in [0.3, 0.4) is 0 Å². The van der Waals surface area contributed by atoms with Gasteiger partial charge in [0.15, 0.2) is 5.75 Å². The highest BCUT2D eigenvalue weighted by Crippen LogP contribution is 2.19. The lowest BCUT2D eigenvalue weighted by molar-refractivity contribution is 0.487. The average Bonchev–Trinajstić information content (AvgIpc) is 2.02. The van der Waals surface area contributed by atoms with E-state index in [9.17, 15) is 8.42 Å². The second-order valence-corrected chi connectivity index (χ2v) is 3.47. The molecule has 0 atom stereocenters. The summed E-state index contributed by atoms with van der Waals surface area (Å²) < 4.78 is 25.7. The second-order valence-electron chi connectivity index (χ2n) is 2.32. The summed E-state index contributed by atoms with van der Waals surface area (Å²) in [4.78, 5) is 0. The van der Waals surface area contributed by atoms with Crippen LogP contribution in [0.4, 0.5) is 0 Å². The maximum Gasteiger partial charge on any atom is 0.380 e. The Bertz CT molecular complexity index is 411. The third-order valence-corrected chi connectivity index (χ3v) is 1.76. The van der Waals surface area contributed by atoms with Crippen LogP contribution in [-0.4, -0.2) is 8.42 Å². The van der Waals surface area contributed by atoms with E-state index in [1.54, 1.807) is 18.2 Å². The number of hydrogen-bond donors (Lipinski definition) is 1. The lowest BCUT2D eigenvalue weighted by Gasteiger charge is -2.04. The van der Waals surface area contributed by atoms with Gasteiger partial charge in [-0.05, 0) is 6.07 Å². The number of hydrogen-bond acceptors (Lipinski definition) is 3. The van der Waals surface area contributed by atoms with Gasteiger partial charge in [0.2, 0.25) is 0 Å². The number of rotatable bonds is 3. The second kappa shape index (κ2) is 3.59. The van der Waals surface area contributed by atoms with E-state index in [1.807, 2.05) is 0 Å². The maximum atomic E-state index is 10.6. The van der Waals surface area contributed by atoms with Crippen LogP contribution < -0.4 is 9.32 Å². The van der Waals surface area contributed by atoms with Gasteiger partial charge >= 0.3 is 10.3 Å². The summed E-state index contributed by atoms with van der Waals surface area (Å²) >= 11 is 0. The lowest BCUT2D eigenvalue weighted by atomic mass is 10.2. The van der Waals surface area contributed by atoms with E-state index in [-0.39, 0.29) is 5.75 Å². The molecule has 0 aromatic heterocycles. The first-order valence-corrected chi connectivity index (χ1v) is 4.94. The average molecular weight is 199 g/mol. The van der Waals surface area contributed by atoms with Crippen molar-refractivity contribution in [2.45, 2.75) is 0 Å². The largest absolute Gasteiger partial charge is 0.380 e. The summed E-state index contributed by atoms with van der Waals surface area (Å²) in [5, 5.41) is 4.71. The van der Waals surface area contributed by atoms with Crippen LogP contribution in [0.15, 0.2) is 30.8 Å². The van der Waals surface area contributed by atoms with E-state index in [0.717, 1.165) is 0 Å². The molecule has 0 aliphatic heterocycles. The predicted molar refractivity (Wildman–Crippen MR) is 50.3 cm³/mol. The van der Waals surface area contributed by atoms with Crippen molar-refractivity contribution >= 4 is 16.4 Å². The Morgan fingerprint density at radius 2 is 2.00 bits per heavy atom. The van der Waals surface area contributed by atoms with Gasteiger partial charge in [-0.15, -0.1) is 0 Å². The van der Waals surface area contributed by atoms with Crippen molar-refractivity contribution in [1.82, 2.24) is 0 Å². The molecule has 2 N–H and O–H groups in total. The zero-order valence-corrected chi connectivity index (χ0v) is 7.62. The van der Waals surface area contributed by atoms with Crippen molar-refractivity contribution in [3.63, 3.8) is 0 Å². The van der Waals surface area contributed by atoms with Crippen LogP contribution in [0.2, 0.25) is 0 Å². The predicted octanol–water partition coefficient (Wildman–Crippen LogP) is 0.912. The van der Waals surface area contributed by atoms with Gasteiger partial charge in [-0.3, -0.25) is 0 Å². The summed E-state index contributed by atoms with van der Waals surface area (Å²) in [6, 6.07) is 6.56. The first-order valence-electron chi connectivity index (χ1n) is 3.46. The Morgan fingerprint density at radius 1 is 1.38 bits per heavy atom. The van der Waals surface area contributed by atoms with Crippen molar-refractivity contribution in [1.29, 1.82) is 0 Å². The van der Waals surface area contributed by atoms with Gasteiger partial charge in [0.25, 0.3) is 0 Å². The minimum absolute atomic E-state index is 0.181. The zero-order chi connectivity index (χ0) is 9.90. The molecule has 0 aliphatic rings. The molecule has 0 unspecified atom stereocenters. The minimum Gasteiger partial charge on any atom is -0.370 e. The fraction of sp³-hybridized carbons (Fsp3) is 0. The molecule has 4 nitrogen and oxygen atoms in total. The molecule has 1 rings (SSSR count). The van der Waals surface area contributed by atoms with E-state index in [0.29, 0.717) is 5.56 Å². The Morgan fingerprint density at radius 3 is 2.54 bits per heavy atom. The van der Waals surface area contributed by atoms with Gasteiger partial charge < -0.3 is 4.18 Å². The molecule has 0 bridgehead atoms. The summed E-state index contributed by atoms with van der Waals surface area (Å²) in [7, 11) is -3.96. The molecule has 0 spiro atoms. The first-order chi connectivity index (χ1) is 6.03. The molecule has 0 saturated heterocycles. The van der Waals surface area contributed by atoms with Crippen LogP contribution in [0.1, 0.15) is 5.56 Å². The molecular formula is C8H9NO3S. The van der Waals surface area contributed by atoms with Crippen LogP contribution >= 0.6 is 0 Å². The molecule has 0 aliphatic carbocycles. The molecule has 0 saturated carbocycles. The molecule has 0 amide bonds. The molecule has 0 fully saturated rings. The lowest BCUT2D eigenvalue weighted by Crippen LogP contribution is -2.19. The first kappa shape index (κ1) is 9.76. The topological polar surface area (TPSA) is 69.4 Å². The van der Waals surface area contributed by atoms with E-state index >= 15 is 0 Å². The highest BCUT2D eigenvalue weighted by molar-refractivity contribution is 7.84. The van der Waals surface area contributed by atoms with Crippen molar-refractivity contribution in [2.24, 2.45) is 5.14 Å². The normalized spacial score (nSPS) is 10.8. The molecule has 0 radical (unpaired) electrons. The monoisotopic (exact) mass is 199 g/mol. The molecule has 0 heterocycles. The quantitative estimate of drug-likeness (QED) is 0.786. The molecular weight excluding hydrogens is 190 g/mol. The standard InChI is InChI=1S/C8H9NO3S/c1-2-7-5-3-4-6-8(7)12-13(9,10)11/h2-6H,1H2,(H2,9,10,11). The van der Waals surface area contributed by atoms with Gasteiger partial charge in [0.1, 0.15) is 0 Å². The number of benzene rings is 1. The Kier molecular flexibility index (Phi) is 2.69. The van der Waals surface area contributed by atoms with Gasteiger partial charge in [-0.25, -0.2) is 0 Å². The molecule has 1 aromatic carbocycles. The maximum absolute atomic E-state index is 10.6. The van der Waals surface area contributed by atoms with E-state index < -0.39 is 10.3 Å². The van der Waals surface area contributed by atoms with Gasteiger partial charge in [-0.2, -0.15) is 13.6 Å². The third kappa shape index (κ3) is 2.89. The number of para-hydroxylation sites is 1. The molecule has 5 heteroatoms. The smallest absolute Gasteiger partial charge is 0.370 e. The summed E-state index contributed by atoms with van der Waals surface area (Å²) in [6.45, 7) is 3.51. The summed E-state index contributed by atoms with van der Waals surface area (Å²) in [5.74, 6) is 0.181. The van der Waals surface area contributed by atoms with Crippen molar-refractivity contribution < 1.29 is 12.6 Å². The Balaban J connectivity index is 3.08. The summed E-state index contributed by atoms with van der Waals surface area (Å²) in [5.41, 5.74) is 0.580. The third-order valence-electron chi connectivity index (χ3n) is 1.34. The Hall–Kier alpha value is -1.33. The zero-order valence-electron chi connectivity index (χ0n) is 6.80. The highest BCUT2D eigenvalue weighted by Gasteiger charge is 2.06. The van der Waals surface area contributed by atoms with Gasteiger partial charge in [-0.1, -0.05) is 30.9 Å². The Labute approximate surface area is 76.9 Å². The minimum atomic E-state index is -3.96. The molecule has 1 aromatic rings. The fourth-order valence-electron chi connectivity index (χ4n) is 0.850. The summed E-state index contributed by atoms with van der Waals surface area (Å²) in [6.07, 6.45) is 1.49. The van der Waals surface area contributed by atoms with Gasteiger partial charge in [0, 0.05) is 5.56 Å². The van der Waals surface area contributed by atoms with Crippen LogP contribution in [0.25, 0.3) is 6.08 Å².